The number of ketones is 2. The van der Waals surface area contributed by atoms with Crippen molar-refractivity contribution in [3.63, 3.8) is 0 Å². The molecule has 1 aliphatic carbocycles. The summed E-state index contributed by atoms with van der Waals surface area (Å²) in [6.07, 6.45) is 1.34. The molecule has 9 heavy (non-hydrogen) atoms. The molecule has 1 atom stereocenters. The van der Waals surface area contributed by atoms with Crippen LogP contribution in [-0.2, 0) is 9.59 Å². The van der Waals surface area contributed by atoms with Crippen molar-refractivity contribution < 1.29 is 9.59 Å². The fraction of sp³-hybridized carbons (Fsp3) is 0.714. The van der Waals surface area contributed by atoms with Crippen LogP contribution in [0.5, 0.6) is 0 Å². The molecular formula is C7H10O2. The summed E-state index contributed by atoms with van der Waals surface area (Å²) < 4.78 is 0. The van der Waals surface area contributed by atoms with E-state index in [1.54, 1.807) is 6.92 Å². The van der Waals surface area contributed by atoms with Crippen LogP contribution in [0, 0.1) is 5.41 Å². The third-order valence-corrected chi connectivity index (χ3v) is 2.24. The van der Waals surface area contributed by atoms with Crippen molar-refractivity contribution in [2.45, 2.75) is 26.7 Å². The summed E-state index contributed by atoms with van der Waals surface area (Å²) in [5.74, 6) is 0.119. The van der Waals surface area contributed by atoms with Crippen LogP contribution in [0.4, 0.5) is 0 Å². The van der Waals surface area contributed by atoms with E-state index in [0.29, 0.717) is 6.42 Å². The van der Waals surface area contributed by atoms with E-state index in [2.05, 4.69) is 0 Å². The highest BCUT2D eigenvalue weighted by Gasteiger charge is 2.45. The van der Waals surface area contributed by atoms with Crippen LogP contribution in [0.1, 0.15) is 26.7 Å². The molecule has 0 aromatic heterocycles. The van der Waals surface area contributed by atoms with Crippen LogP contribution in [0.15, 0.2) is 0 Å². The molecule has 0 aromatic rings. The molecule has 1 rings (SSSR count). The number of hydrogen-bond donors (Lipinski definition) is 0. The standard InChI is InChI=1S/C7H10O2/c1-5(8)7(2)4-3-6(7)9/h3-4H2,1-2H3. The van der Waals surface area contributed by atoms with Gasteiger partial charge in [-0.3, -0.25) is 9.59 Å². The van der Waals surface area contributed by atoms with Gasteiger partial charge in [0.25, 0.3) is 0 Å². The molecular weight excluding hydrogens is 116 g/mol. The van der Waals surface area contributed by atoms with E-state index in [1.807, 2.05) is 0 Å². The zero-order valence-corrected chi connectivity index (χ0v) is 5.73. The number of rotatable bonds is 1. The lowest BCUT2D eigenvalue weighted by Gasteiger charge is -2.33. The predicted molar refractivity (Wildman–Crippen MR) is 33.0 cm³/mol. The first-order valence-corrected chi connectivity index (χ1v) is 3.12. The van der Waals surface area contributed by atoms with Gasteiger partial charge in [-0.25, -0.2) is 0 Å². The van der Waals surface area contributed by atoms with Gasteiger partial charge in [-0.15, -0.1) is 0 Å². The third-order valence-electron chi connectivity index (χ3n) is 2.24. The second-order valence-electron chi connectivity index (χ2n) is 2.81. The van der Waals surface area contributed by atoms with Crippen molar-refractivity contribution in [3.8, 4) is 0 Å². The summed E-state index contributed by atoms with van der Waals surface area (Å²) in [5, 5.41) is 0. The maximum atomic E-state index is 10.8. The molecule has 0 spiro atoms. The fourth-order valence-electron chi connectivity index (χ4n) is 0.974. The first-order valence-electron chi connectivity index (χ1n) is 3.12. The van der Waals surface area contributed by atoms with E-state index in [4.69, 9.17) is 0 Å². The minimum atomic E-state index is -0.597. The first-order chi connectivity index (χ1) is 4.07. The Morgan fingerprint density at radius 1 is 1.67 bits per heavy atom. The Bertz CT molecular complexity index is 162. The molecule has 0 aromatic carbocycles. The summed E-state index contributed by atoms with van der Waals surface area (Å²) in [5.41, 5.74) is -0.597. The summed E-state index contributed by atoms with van der Waals surface area (Å²) >= 11 is 0. The highest BCUT2D eigenvalue weighted by Crippen LogP contribution is 2.36. The van der Waals surface area contributed by atoms with Gasteiger partial charge in [-0.2, -0.15) is 0 Å². The van der Waals surface area contributed by atoms with E-state index in [1.165, 1.54) is 6.92 Å². The van der Waals surface area contributed by atoms with Crippen LogP contribution in [0.3, 0.4) is 0 Å². The second-order valence-corrected chi connectivity index (χ2v) is 2.81. The van der Waals surface area contributed by atoms with Gasteiger partial charge in [0.15, 0.2) is 0 Å². The Morgan fingerprint density at radius 3 is 2.22 bits per heavy atom. The summed E-state index contributed by atoms with van der Waals surface area (Å²) in [7, 11) is 0. The molecule has 0 saturated heterocycles. The van der Waals surface area contributed by atoms with Gasteiger partial charge in [0, 0.05) is 6.42 Å². The van der Waals surface area contributed by atoms with Gasteiger partial charge in [0.1, 0.15) is 11.6 Å². The van der Waals surface area contributed by atoms with Gasteiger partial charge >= 0.3 is 0 Å². The molecule has 0 heterocycles. The van der Waals surface area contributed by atoms with Crippen LogP contribution < -0.4 is 0 Å². The van der Waals surface area contributed by atoms with Crippen LogP contribution in [0.2, 0.25) is 0 Å². The van der Waals surface area contributed by atoms with Gasteiger partial charge in [0.05, 0.1) is 5.41 Å². The van der Waals surface area contributed by atoms with Crippen molar-refractivity contribution in [1.82, 2.24) is 0 Å². The SMILES string of the molecule is CC(=O)C1(C)CCC1=O. The van der Waals surface area contributed by atoms with E-state index < -0.39 is 5.41 Å². The van der Waals surface area contributed by atoms with Gasteiger partial charge in [-0.05, 0) is 20.3 Å². The Balaban J connectivity index is 2.76. The van der Waals surface area contributed by atoms with E-state index in [-0.39, 0.29) is 11.6 Å². The number of hydrogen-bond acceptors (Lipinski definition) is 2. The van der Waals surface area contributed by atoms with Crippen LogP contribution >= 0.6 is 0 Å². The Labute approximate surface area is 54.2 Å². The molecule has 1 aliphatic rings. The zero-order valence-electron chi connectivity index (χ0n) is 5.73. The van der Waals surface area contributed by atoms with Crippen molar-refractivity contribution in [2.75, 3.05) is 0 Å². The van der Waals surface area contributed by atoms with Gasteiger partial charge in [0.2, 0.25) is 0 Å². The maximum Gasteiger partial charge on any atom is 0.146 e. The monoisotopic (exact) mass is 126 g/mol. The maximum absolute atomic E-state index is 10.8. The van der Waals surface area contributed by atoms with E-state index >= 15 is 0 Å². The molecule has 1 unspecified atom stereocenters. The van der Waals surface area contributed by atoms with Crippen molar-refractivity contribution in [2.24, 2.45) is 5.41 Å². The molecule has 0 aliphatic heterocycles. The van der Waals surface area contributed by atoms with Crippen molar-refractivity contribution in [3.05, 3.63) is 0 Å². The average molecular weight is 126 g/mol. The largest absolute Gasteiger partial charge is 0.299 e. The van der Waals surface area contributed by atoms with Gasteiger partial charge < -0.3 is 0 Å². The van der Waals surface area contributed by atoms with Crippen LogP contribution in [-0.4, -0.2) is 11.6 Å². The lowest BCUT2D eigenvalue weighted by atomic mass is 9.67. The molecule has 2 nitrogen and oxygen atoms in total. The normalized spacial score (nSPS) is 33.8. The minimum absolute atomic E-state index is 0.0127. The third kappa shape index (κ3) is 0.696. The smallest absolute Gasteiger partial charge is 0.146 e. The minimum Gasteiger partial charge on any atom is -0.299 e. The molecule has 0 amide bonds. The quantitative estimate of drug-likeness (QED) is 0.490. The molecule has 1 fully saturated rings. The molecule has 0 radical (unpaired) electrons. The number of carbonyl (C=O) groups is 2. The van der Waals surface area contributed by atoms with Gasteiger partial charge in [-0.1, -0.05) is 0 Å². The topological polar surface area (TPSA) is 34.1 Å². The van der Waals surface area contributed by atoms with Crippen molar-refractivity contribution >= 4 is 11.6 Å². The molecule has 0 bridgehead atoms. The molecule has 0 N–H and O–H groups in total. The summed E-state index contributed by atoms with van der Waals surface area (Å²) in [4.78, 5) is 21.5. The molecule has 50 valence electrons. The van der Waals surface area contributed by atoms with E-state index in [9.17, 15) is 9.59 Å². The Kier molecular flexibility index (Phi) is 1.19. The first kappa shape index (κ1) is 6.46. The summed E-state index contributed by atoms with van der Waals surface area (Å²) in [6.45, 7) is 3.21. The van der Waals surface area contributed by atoms with E-state index in [0.717, 1.165) is 6.42 Å². The predicted octanol–water partition coefficient (Wildman–Crippen LogP) is 0.945. The Hall–Kier alpha value is -0.660. The Morgan fingerprint density at radius 2 is 2.22 bits per heavy atom. The number of carbonyl (C=O) groups excluding carboxylic acids is 2. The van der Waals surface area contributed by atoms with Crippen LogP contribution in [0.25, 0.3) is 0 Å². The average Bonchev–Trinajstić information content (AvgIpc) is 1.82. The lowest BCUT2D eigenvalue weighted by molar-refractivity contribution is -0.146. The highest BCUT2D eigenvalue weighted by atomic mass is 16.2. The molecule has 2 heteroatoms. The molecule has 1 saturated carbocycles. The second kappa shape index (κ2) is 1.66. The summed E-state index contributed by atoms with van der Waals surface area (Å²) in [6, 6.07) is 0. The van der Waals surface area contributed by atoms with Crippen molar-refractivity contribution in [1.29, 1.82) is 0 Å². The lowest BCUT2D eigenvalue weighted by Crippen LogP contribution is -2.43. The zero-order chi connectivity index (χ0) is 7.07. The number of Topliss-reactive ketones (excluding diaryl/α,β-unsaturated/α-hetero) is 2. The fourth-order valence-corrected chi connectivity index (χ4v) is 0.974. The highest BCUT2D eigenvalue weighted by molar-refractivity contribution is 6.09.